The zero-order valence-corrected chi connectivity index (χ0v) is 11.2. The Hall–Kier alpha value is -1.02. The molecule has 1 aromatic carbocycles. The van der Waals surface area contributed by atoms with Crippen LogP contribution < -0.4 is 4.74 Å². The van der Waals surface area contributed by atoms with E-state index in [0.717, 1.165) is 18.6 Å². The van der Waals surface area contributed by atoms with Crippen molar-refractivity contribution in [1.82, 2.24) is 0 Å². The van der Waals surface area contributed by atoms with E-state index in [4.69, 9.17) is 4.74 Å². The molecule has 17 heavy (non-hydrogen) atoms. The van der Waals surface area contributed by atoms with E-state index in [1.54, 1.807) is 0 Å². The Bertz CT molecular complexity index is 411. The summed E-state index contributed by atoms with van der Waals surface area (Å²) in [6.45, 7) is 8.77. The van der Waals surface area contributed by atoms with Crippen molar-refractivity contribution in [3.63, 3.8) is 0 Å². The second-order valence-electron chi connectivity index (χ2n) is 6.19. The molecule has 0 unspecified atom stereocenters. The van der Waals surface area contributed by atoms with E-state index in [2.05, 4.69) is 39.8 Å². The van der Waals surface area contributed by atoms with Crippen molar-refractivity contribution in [3.05, 3.63) is 29.3 Å². The zero-order valence-electron chi connectivity index (χ0n) is 11.2. The van der Waals surface area contributed by atoms with Crippen LogP contribution in [-0.2, 0) is 5.41 Å². The fourth-order valence-electron chi connectivity index (χ4n) is 1.98. The summed E-state index contributed by atoms with van der Waals surface area (Å²) in [5.74, 6) is 0.926. The van der Waals surface area contributed by atoms with Crippen LogP contribution >= 0.6 is 0 Å². The summed E-state index contributed by atoms with van der Waals surface area (Å²) < 4.78 is 6.02. The molecule has 1 saturated carbocycles. The number of aliphatic hydroxyl groups is 1. The number of aliphatic hydroxyl groups excluding tert-OH is 1. The topological polar surface area (TPSA) is 29.5 Å². The average Bonchev–Trinajstić information content (AvgIpc) is 3.00. The van der Waals surface area contributed by atoms with Gasteiger partial charge < -0.3 is 9.84 Å². The lowest BCUT2D eigenvalue weighted by molar-refractivity contribution is 0.0934. The molecule has 0 spiro atoms. The minimum atomic E-state index is -0.296. The van der Waals surface area contributed by atoms with Crippen molar-refractivity contribution in [3.8, 4) is 5.75 Å². The zero-order chi connectivity index (χ0) is 12.7. The van der Waals surface area contributed by atoms with Crippen molar-refractivity contribution >= 4 is 0 Å². The molecule has 0 radical (unpaired) electrons. The van der Waals surface area contributed by atoms with Gasteiger partial charge in [-0.2, -0.15) is 0 Å². The normalized spacial score (nSPS) is 17.9. The van der Waals surface area contributed by atoms with E-state index in [1.807, 2.05) is 6.07 Å². The Balaban J connectivity index is 2.33. The first-order chi connectivity index (χ1) is 7.86. The lowest BCUT2D eigenvalue weighted by Gasteiger charge is -2.26. The van der Waals surface area contributed by atoms with Gasteiger partial charge >= 0.3 is 0 Å². The summed E-state index contributed by atoms with van der Waals surface area (Å²) in [6, 6.07) is 6.28. The van der Waals surface area contributed by atoms with Crippen molar-refractivity contribution in [2.24, 2.45) is 0 Å². The lowest BCUT2D eigenvalue weighted by atomic mass is 9.85. The van der Waals surface area contributed by atoms with Gasteiger partial charge in [0, 0.05) is 0 Å². The van der Waals surface area contributed by atoms with Gasteiger partial charge in [-0.05, 0) is 36.8 Å². The van der Waals surface area contributed by atoms with E-state index in [9.17, 15) is 5.11 Å². The second kappa shape index (κ2) is 4.02. The van der Waals surface area contributed by atoms with Gasteiger partial charge in [-0.25, -0.2) is 0 Å². The highest BCUT2D eigenvalue weighted by molar-refractivity contribution is 5.42. The summed E-state index contributed by atoms with van der Waals surface area (Å²) in [6.07, 6.45) is 1.92. The first-order valence-electron chi connectivity index (χ1n) is 6.27. The molecule has 0 heterocycles. The summed E-state index contributed by atoms with van der Waals surface area (Å²) in [5.41, 5.74) is 2.23. The molecule has 1 fully saturated rings. The van der Waals surface area contributed by atoms with Crippen LogP contribution in [0, 0.1) is 6.92 Å². The quantitative estimate of drug-likeness (QED) is 0.870. The maximum absolute atomic E-state index is 9.34. The van der Waals surface area contributed by atoms with Crippen molar-refractivity contribution in [2.75, 3.05) is 6.61 Å². The van der Waals surface area contributed by atoms with Gasteiger partial charge in [0.05, 0.1) is 6.61 Å². The van der Waals surface area contributed by atoms with Crippen LogP contribution in [0.1, 0.15) is 44.7 Å². The molecule has 2 rings (SSSR count). The van der Waals surface area contributed by atoms with Crippen LogP contribution in [0.5, 0.6) is 5.75 Å². The third-order valence-corrected chi connectivity index (χ3v) is 3.37. The molecule has 0 amide bonds. The van der Waals surface area contributed by atoms with E-state index in [1.165, 1.54) is 11.1 Å². The first-order valence-corrected chi connectivity index (χ1v) is 6.27. The highest BCUT2D eigenvalue weighted by Gasteiger charge is 2.45. The highest BCUT2D eigenvalue weighted by Crippen LogP contribution is 2.42. The predicted octanol–water partition coefficient (Wildman–Crippen LogP) is 3.20. The molecule has 1 aromatic rings. The molecule has 0 saturated heterocycles. The molecular weight excluding hydrogens is 212 g/mol. The minimum absolute atomic E-state index is 0.0624. The van der Waals surface area contributed by atoms with Crippen LogP contribution in [0.15, 0.2) is 18.2 Å². The molecule has 1 aliphatic carbocycles. The molecule has 2 heteroatoms. The fourth-order valence-corrected chi connectivity index (χ4v) is 1.98. The smallest absolute Gasteiger partial charge is 0.132 e. The van der Waals surface area contributed by atoms with E-state index in [0.29, 0.717) is 0 Å². The summed E-state index contributed by atoms with van der Waals surface area (Å²) in [5, 5.41) is 9.34. The standard InChI is InChI=1S/C15H22O2/c1-11-5-6-13(12(9-11)14(2,3)4)17-15(10-16)7-8-15/h5-6,9,16H,7-8,10H2,1-4H3. The first kappa shape index (κ1) is 12.4. The number of rotatable bonds is 3. The van der Waals surface area contributed by atoms with Crippen molar-refractivity contribution in [1.29, 1.82) is 0 Å². The molecule has 2 nitrogen and oxygen atoms in total. The van der Waals surface area contributed by atoms with Gasteiger partial charge in [-0.3, -0.25) is 0 Å². The van der Waals surface area contributed by atoms with Crippen LogP contribution in [0.4, 0.5) is 0 Å². The van der Waals surface area contributed by atoms with Crippen LogP contribution in [0.3, 0.4) is 0 Å². The Morgan fingerprint density at radius 3 is 2.41 bits per heavy atom. The molecule has 0 bridgehead atoms. The van der Waals surface area contributed by atoms with Gasteiger partial charge in [-0.1, -0.05) is 38.5 Å². The molecule has 0 aromatic heterocycles. The summed E-state index contributed by atoms with van der Waals surface area (Å²) in [7, 11) is 0. The Morgan fingerprint density at radius 1 is 1.29 bits per heavy atom. The second-order valence-corrected chi connectivity index (χ2v) is 6.19. The van der Waals surface area contributed by atoms with Crippen molar-refractivity contribution in [2.45, 2.75) is 51.6 Å². The van der Waals surface area contributed by atoms with Crippen LogP contribution in [-0.4, -0.2) is 17.3 Å². The molecule has 94 valence electrons. The Labute approximate surface area is 104 Å². The number of benzene rings is 1. The lowest BCUT2D eigenvalue weighted by Crippen LogP contribution is -2.25. The maximum atomic E-state index is 9.34. The number of ether oxygens (including phenoxy) is 1. The van der Waals surface area contributed by atoms with Gasteiger partial charge in [-0.15, -0.1) is 0 Å². The molecular formula is C15H22O2. The average molecular weight is 234 g/mol. The van der Waals surface area contributed by atoms with E-state index >= 15 is 0 Å². The van der Waals surface area contributed by atoms with Gasteiger partial charge in [0.1, 0.15) is 11.4 Å². The third-order valence-electron chi connectivity index (χ3n) is 3.37. The SMILES string of the molecule is Cc1ccc(OC2(CO)CC2)c(C(C)(C)C)c1. The minimum Gasteiger partial charge on any atom is -0.485 e. The van der Waals surface area contributed by atoms with Gasteiger partial charge in [0.25, 0.3) is 0 Å². The number of hydrogen-bond acceptors (Lipinski definition) is 2. The summed E-state index contributed by atoms with van der Waals surface area (Å²) >= 11 is 0. The maximum Gasteiger partial charge on any atom is 0.132 e. The monoisotopic (exact) mass is 234 g/mol. The van der Waals surface area contributed by atoms with E-state index < -0.39 is 0 Å². The van der Waals surface area contributed by atoms with Crippen LogP contribution in [0.2, 0.25) is 0 Å². The van der Waals surface area contributed by atoms with E-state index in [-0.39, 0.29) is 17.6 Å². The molecule has 0 aliphatic heterocycles. The van der Waals surface area contributed by atoms with Crippen molar-refractivity contribution < 1.29 is 9.84 Å². The van der Waals surface area contributed by atoms with Crippen LogP contribution in [0.25, 0.3) is 0 Å². The number of hydrogen-bond donors (Lipinski definition) is 1. The van der Waals surface area contributed by atoms with Gasteiger partial charge in [0.2, 0.25) is 0 Å². The molecule has 1 aliphatic rings. The Morgan fingerprint density at radius 2 is 1.94 bits per heavy atom. The highest BCUT2D eigenvalue weighted by atomic mass is 16.5. The Kier molecular flexibility index (Phi) is 2.94. The molecule has 1 N–H and O–H groups in total. The number of aryl methyl sites for hydroxylation is 1. The van der Waals surface area contributed by atoms with Gasteiger partial charge in [0.15, 0.2) is 0 Å². The largest absolute Gasteiger partial charge is 0.485 e. The summed E-state index contributed by atoms with van der Waals surface area (Å²) in [4.78, 5) is 0. The fraction of sp³-hybridized carbons (Fsp3) is 0.600. The predicted molar refractivity (Wildman–Crippen MR) is 69.6 cm³/mol. The molecule has 0 atom stereocenters. The third kappa shape index (κ3) is 2.63.